The van der Waals surface area contributed by atoms with Crippen LogP contribution in [-0.4, -0.2) is 31.5 Å². The summed E-state index contributed by atoms with van der Waals surface area (Å²) in [5.74, 6) is 1.04. The Morgan fingerprint density at radius 3 is 2.68 bits per heavy atom. The van der Waals surface area contributed by atoms with Crippen molar-refractivity contribution in [2.75, 3.05) is 0 Å². The van der Waals surface area contributed by atoms with Gasteiger partial charge in [0.15, 0.2) is 0 Å². The minimum atomic E-state index is -0.0628. The molecule has 3 heterocycles. The van der Waals surface area contributed by atoms with Crippen LogP contribution in [0.15, 0.2) is 24.4 Å². The number of carbonyl (C=O) groups is 1. The number of rotatable bonds is 2. The van der Waals surface area contributed by atoms with Gasteiger partial charge >= 0.3 is 0 Å². The molecule has 1 aliphatic heterocycles. The molecule has 0 unspecified atom stereocenters. The molecule has 128 valence electrons. The van der Waals surface area contributed by atoms with Crippen molar-refractivity contribution >= 4 is 16.9 Å². The predicted molar refractivity (Wildman–Crippen MR) is 95.6 cm³/mol. The molecule has 6 heteroatoms. The van der Waals surface area contributed by atoms with Gasteiger partial charge < -0.3 is 9.88 Å². The van der Waals surface area contributed by atoms with E-state index in [0.717, 1.165) is 53.3 Å². The molecule has 1 aromatic carbocycles. The fourth-order valence-electron chi connectivity index (χ4n) is 3.34. The Bertz CT molecular complexity index is 975. The maximum Gasteiger partial charge on any atom is 0.251 e. The third-order valence-corrected chi connectivity index (χ3v) is 4.79. The molecule has 1 aliphatic rings. The van der Waals surface area contributed by atoms with Crippen LogP contribution < -0.4 is 5.32 Å². The number of imidazole rings is 1. The van der Waals surface area contributed by atoms with Crippen LogP contribution in [-0.2, 0) is 13.0 Å². The first-order chi connectivity index (χ1) is 12.0. The average Bonchev–Trinajstić information content (AvgIpc) is 2.94. The van der Waals surface area contributed by atoms with E-state index in [2.05, 4.69) is 24.8 Å². The van der Waals surface area contributed by atoms with E-state index in [9.17, 15) is 4.79 Å². The number of carbonyl (C=O) groups excluding carboxylic acids is 1. The maximum absolute atomic E-state index is 12.6. The van der Waals surface area contributed by atoms with Gasteiger partial charge in [0.1, 0.15) is 5.82 Å². The van der Waals surface area contributed by atoms with Gasteiger partial charge in [-0.15, -0.1) is 0 Å². The van der Waals surface area contributed by atoms with Crippen molar-refractivity contribution < 1.29 is 4.79 Å². The molecule has 1 atom stereocenters. The van der Waals surface area contributed by atoms with Gasteiger partial charge in [-0.2, -0.15) is 0 Å². The van der Waals surface area contributed by atoms with Gasteiger partial charge in [0.25, 0.3) is 5.91 Å². The summed E-state index contributed by atoms with van der Waals surface area (Å²) in [6.07, 6.45) is 3.85. The Hall–Kier alpha value is -2.76. The van der Waals surface area contributed by atoms with E-state index in [0.29, 0.717) is 5.56 Å². The van der Waals surface area contributed by atoms with Crippen LogP contribution in [0.4, 0.5) is 0 Å². The average molecular weight is 335 g/mol. The third kappa shape index (κ3) is 2.99. The van der Waals surface area contributed by atoms with Crippen molar-refractivity contribution in [1.29, 1.82) is 0 Å². The molecule has 6 nitrogen and oxygen atoms in total. The second-order valence-electron chi connectivity index (χ2n) is 6.76. The molecule has 4 rings (SSSR count). The molecule has 0 bridgehead atoms. The van der Waals surface area contributed by atoms with E-state index in [4.69, 9.17) is 0 Å². The summed E-state index contributed by atoms with van der Waals surface area (Å²) < 4.78 is 2.14. The van der Waals surface area contributed by atoms with Crippen LogP contribution in [0, 0.1) is 20.8 Å². The summed E-state index contributed by atoms with van der Waals surface area (Å²) in [5, 5.41) is 3.14. The molecule has 1 amide bonds. The number of aromatic nitrogens is 4. The van der Waals surface area contributed by atoms with Gasteiger partial charge in [-0.3, -0.25) is 4.79 Å². The molecule has 0 radical (unpaired) electrons. The molecule has 0 spiro atoms. The number of benzene rings is 1. The van der Waals surface area contributed by atoms with Crippen molar-refractivity contribution in [3.05, 3.63) is 52.9 Å². The number of hydrogen-bond acceptors (Lipinski definition) is 4. The first-order valence-corrected chi connectivity index (χ1v) is 8.58. The fraction of sp³-hybridized carbons (Fsp3) is 0.368. The molecule has 0 saturated heterocycles. The normalized spacial score (nSPS) is 16.7. The van der Waals surface area contributed by atoms with Crippen molar-refractivity contribution in [2.45, 2.75) is 46.2 Å². The summed E-state index contributed by atoms with van der Waals surface area (Å²) in [5.41, 5.74) is 5.03. The summed E-state index contributed by atoms with van der Waals surface area (Å²) in [6, 6.07) is 5.62. The maximum atomic E-state index is 12.6. The van der Waals surface area contributed by atoms with Crippen LogP contribution in [0.25, 0.3) is 11.0 Å². The molecule has 25 heavy (non-hydrogen) atoms. The number of hydrogen-bond donors (Lipinski definition) is 1. The van der Waals surface area contributed by atoms with E-state index in [1.54, 1.807) is 0 Å². The lowest BCUT2D eigenvalue weighted by atomic mass is 10.1. The van der Waals surface area contributed by atoms with Crippen LogP contribution >= 0.6 is 0 Å². The largest absolute Gasteiger partial charge is 0.347 e. The first-order valence-electron chi connectivity index (χ1n) is 8.58. The lowest BCUT2D eigenvalue weighted by molar-refractivity contribution is 0.0927. The monoisotopic (exact) mass is 335 g/mol. The number of nitrogens with one attached hydrogen (secondary N) is 1. The summed E-state index contributed by atoms with van der Waals surface area (Å²) in [6.45, 7) is 6.64. The minimum Gasteiger partial charge on any atom is -0.347 e. The van der Waals surface area contributed by atoms with Crippen molar-refractivity contribution in [3.63, 3.8) is 0 Å². The zero-order valence-corrected chi connectivity index (χ0v) is 14.7. The lowest BCUT2D eigenvalue weighted by Gasteiger charge is -2.24. The first kappa shape index (κ1) is 15.7. The van der Waals surface area contributed by atoms with E-state index in [1.807, 2.05) is 45.2 Å². The van der Waals surface area contributed by atoms with Crippen LogP contribution in [0.2, 0.25) is 0 Å². The molecule has 1 N–H and O–H groups in total. The van der Waals surface area contributed by atoms with Gasteiger partial charge in [-0.05, 0) is 45.4 Å². The fourth-order valence-corrected chi connectivity index (χ4v) is 3.34. The van der Waals surface area contributed by atoms with Gasteiger partial charge in [-0.25, -0.2) is 15.0 Å². The molecule has 0 saturated carbocycles. The molecule has 0 aliphatic carbocycles. The Kier molecular flexibility index (Phi) is 3.75. The molecular weight excluding hydrogens is 314 g/mol. The van der Waals surface area contributed by atoms with E-state index in [1.165, 1.54) is 0 Å². The standard InChI is InChI=1S/C19H21N5O/c1-11-9-24-10-15(5-7-18(24)20-11)23-19(25)14-4-6-16-17(8-14)22-13(3)12(2)21-16/h4,6,8-9,15H,5,7,10H2,1-3H3,(H,23,25)/t15-/m0/s1. The second-order valence-corrected chi connectivity index (χ2v) is 6.76. The van der Waals surface area contributed by atoms with Crippen LogP contribution in [0.5, 0.6) is 0 Å². The smallest absolute Gasteiger partial charge is 0.251 e. The van der Waals surface area contributed by atoms with Gasteiger partial charge in [0.05, 0.1) is 28.1 Å². The number of aryl methyl sites for hydroxylation is 4. The summed E-state index contributed by atoms with van der Waals surface area (Å²) in [4.78, 5) is 26.2. The zero-order valence-electron chi connectivity index (χ0n) is 14.7. The highest BCUT2D eigenvalue weighted by atomic mass is 16.1. The highest BCUT2D eigenvalue weighted by molar-refractivity contribution is 5.97. The third-order valence-electron chi connectivity index (χ3n) is 4.79. The number of fused-ring (bicyclic) bond motifs is 2. The van der Waals surface area contributed by atoms with E-state index < -0.39 is 0 Å². The van der Waals surface area contributed by atoms with Crippen molar-refractivity contribution in [2.24, 2.45) is 0 Å². The van der Waals surface area contributed by atoms with Gasteiger partial charge in [-0.1, -0.05) is 0 Å². The Morgan fingerprint density at radius 2 is 1.88 bits per heavy atom. The molecule has 2 aromatic heterocycles. The Balaban J connectivity index is 1.53. The van der Waals surface area contributed by atoms with E-state index in [-0.39, 0.29) is 11.9 Å². The zero-order chi connectivity index (χ0) is 17.6. The quantitative estimate of drug-likeness (QED) is 0.781. The van der Waals surface area contributed by atoms with Crippen LogP contribution in [0.1, 0.15) is 39.7 Å². The highest BCUT2D eigenvalue weighted by Crippen LogP contribution is 2.17. The van der Waals surface area contributed by atoms with Crippen LogP contribution in [0.3, 0.4) is 0 Å². The van der Waals surface area contributed by atoms with Crippen molar-refractivity contribution in [3.8, 4) is 0 Å². The van der Waals surface area contributed by atoms with Crippen molar-refractivity contribution in [1.82, 2.24) is 24.8 Å². The SMILES string of the molecule is Cc1cn2c(n1)CC[C@H](NC(=O)c1ccc3nc(C)c(C)nc3c1)C2. The number of amides is 1. The molecular formula is C19H21N5O. The van der Waals surface area contributed by atoms with E-state index >= 15 is 0 Å². The van der Waals surface area contributed by atoms with Gasteiger partial charge in [0, 0.05) is 30.8 Å². The Labute approximate surface area is 146 Å². The Morgan fingerprint density at radius 1 is 1.12 bits per heavy atom. The lowest BCUT2D eigenvalue weighted by Crippen LogP contribution is -2.40. The molecule has 3 aromatic rings. The topological polar surface area (TPSA) is 72.7 Å². The minimum absolute atomic E-state index is 0.0628. The summed E-state index contributed by atoms with van der Waals surface area (Å²) in [7, 11) is 0. The molecule has 0 fully saturated rings. The highest BCUT2D eigenvalue weighted by Gasteiger charge is 2.21. The predicted octanol–water partition coefficient (Wildman–Crippen LogP) is 2.50. The number of nitrogens with zero attached hydrogens (tertiary/aromatic N) is 4. The summed E-state index contributed by atoms with van der Waals surface area (Å²) >= 11 is 0. The van der Waals surface area contributed by atoms with Gasteiger partial charge in [0.2, 0.25) is 0 Å². The second kappa shape index (κ2) is 5.95.